The third-order valence-electron chi connectivity index (χ3n) is 2.62. The van der Waals surface area contributed by atoms with E-state index in [4.69, 9.17) is 0 Å². The minimum Gasteiger partial charge on any atom is -0.0620 e. The minimum absolute atomic E-state index is 1.29. The van der Waals surface area contributed by atoms with E-state index in [0.29, 0.717) is 0 Å². The van der Waals surface area contributed by atoms with E-state index in [1.807, 2.05) is 0 Å². The van der Waals surface area contributed by atoms with Gasteiger partial charge in [0, 0.05) is 3.57 Å². The summed E-state index contributed by atoms with van der Waals surface area (Å²) in [6.07, 6.45) is 0. The quantitative estimate of drug-likeness (QED) is 0.677. The minimum atomic E-state index is 1.29. The van der Waals surface area contributed by atoms with Gasteiger partial charge in [-0.1, -0.05) is 30.3 Å². The summed E-state index contributed by atoms with van der Waals surface area (Å²) in [6, 6.07) is 15.1. The zero-order valence-electron chi connectivity index (χ0n) is 8.92. The molecule has 0 aliphatic rings. The second kappa shape index (κ2) is 4.35. The molecule has 2 aromatic carbocycles. The molecule has 0 amide bonds. The van der Waals surface area contributed by atoms with Crippen LogP contribution in [0.1, 0.15) is 11.1 Å². The van der Waals surface area contributed by atoms with Crippen LogP contribution in [0.15, 0.2) is 42.5 Å². The van der Waals surface area contributed by atoms with Crippen molar-refractivity contribution in [3.63, 3.8) is 0 Å². The standard InChI is InChI=1S/C14H13I/c1-10-5-3-4-6-13(10)14-8-7-12(15)9-11(14)2/h3-9H,1-2H3. The molecule has 1 heteroatoms. The summed E-state index contributed by atoms with van der Waals surface area (Å²) in [7, 11) is 0. The normalized spacial score (nSPS) is 10.3. The van der Waals surface area contributed by atoms with Crippen molar-refractivity contribution in [2.75, 3.05) is 0 Å². The molecule has 2 aromatic rings. The lowest BCUT2D eigenvalue weighted by atomic mass is 9.97. The van der Waals surface area contributed by atoms with Crippen molar-refractivity contribution >= 4 is 22.6 Å². The number of rotatable bonds is 1. The van der Waals surface area contributed by atoms with Crippen LogP contribution < -0.4 is 0 Å². The molecular weight excluding hydrogens is 295 g/mol. The van der Waals surface area contributed by atoms with Crippen LogP contribution in [0.2, 0.25) is 0 Å². The van der Waals surface area contributed by atoms with Crippen molar-refractivity contribution in [3.05, 3.63) is 57.2 Å². The molecule has 0 radical (unpaired) electrons. The van der Waals surface area contributed by atoms with Gasteiger partial charge >= 0.3 is 0 Å². The van der Waals surface area contributed by atoms with E-state index < -0.39 is 0 Å². The van der Waals surface area contributed by atoms with Crippen LogP contribution in [0.4, 0.5) is 0 Å². The Bertz CT molecular complexity index is 486. The van der Waals surface area contributed by atoms with Gasteiger partial charge < -0.3 is 0 Å². The van der Waals surface area contributed by atoms with E-state index in [1.54, 1.807) is 0 Å². The van der Waals surface area contributed by atoms with Crippen molar-refractivity contribution in [3.8, 4) is 11.1 Å². The smallest absolute Gasteiger partial charge is 0.0133 e. The highest BCUT2D eigenvalue weighted by Gasteiger charge is 2.04. The lowest BCUT2D eigenvalue weighted by molar-refractivity contribution is 1.40. The lowest BCUT2D eigenvalue weighted by Gasteiger charge is -2.09. The highest BCUT2D eigenvalue weighted by molar-refractivity contribution is 14.1. The molecule has 0 N–H and O–H groups in total. The van der Waals surface area contributed by atoms with E-state index in [2.05, 4.69) is 78.9 Å². The third-order valence-corrected chi connectivity index (χ3v) is 3.29. The molecule has 0 atom stereocenters. The highest BCUT2D eigenvalue weighted by Crippen LogP contribution is 2.27. The second-order valence-electron chi connectivity index (χ2n) is 3.77. The summed E-state index contributed by atoms with van der Waals surface area (Å²) < 4.78 is 1.29. The summed E-state index contributed by atoms with van der Waals surface area (Å²) in [6.45, 7) is 4.33. The van der Waals surface area contributed by atoms with Gasteiger partial charge in [-0.2, -0.15) is 0 Å². The fraction of sp³-hybridized carbons (Fsp3) is 0.143. The Morgan fingerprint density at radius 2 is 1.47 bits per heavy atom. The fourth-order valence-corrected chi connectivity index (χ4v) is 2.45. The van der Waals surface area contributed by atoms with Crippen LogP contribution >= 0.6 is 22.6 Å². The van der Waals surface area contributed by atoms with Gasteiger partial charge in [0.2, 0.25) is 0 Å². The largest absolute Gasteiger partial charge is 0.0620 e. The number of aryl methyl sites for hydroxylation is 2. The Balaban J connectivity index is 2.60. The molecule has 0 aliphatic carbocycles. The highest BCUT2D eigenvalue weighted by atomic mass is 127. The predicted molar refractivity (Wildman–Crippen MR) is 74.1 cm³/mol. The molecule has 0 bridgehead atoms. The topological polar surface area (TPSA) is 0 Å². The maximum atomic E-state index is 2.35. The van der Waals surface area contributed by atoms with E-state index in [9.17, 15) is 0 Å². The third kappa shape index (κ3) is 2.23. The van der Waals surface area contributed by atoms with E-state index in [1.165, 1.54) is 25.8 Å². The van der Waals surface area contributed by atoms with Crippen molar-refractivity contribution in [1.82, 2.24) is 0 Å². The number of hydrogen-bond donors (Lipinski definition) is 0. The van der Waals surface area contributed by atoms with Crippen molar-refractivity contribution in [2.24, 2.45) is 0 Å². The van der Waals surface area contributed by atoms with Crippen LogP contribution in [0.25, 0.3) is 11.1 Å². The molecule has 76 valence electrons. The number of hydrogen-bond acceptors (Lipinski definition) is 0. The molecule has 0 saturated carbocycles. The molecule has 2 rings (SSSR count). The van der Waals surface area contributed by atoms with E-state index in [-0.39, 0.29) is 0 Å². The Kier molecular flexibility index (Phi) is 3.10. The van der Waals surface area contributed by atoms with Crippen LogP contribution in [0, 0.1) is 17.4 Å². The van der Waals surface area contributed by atoms with Gasteiger partial charge in [-0.05, 0) is 70.8 Å². The summed E-state index contributed by atoms with van der Waals surface area (Å²) in [4.78, 5) is 0. The molecule has 15 heavy (non-hydrogen) atoms. The van der Waals surface area contributed by atoms with Crippen LogP contribution in [-0.2, 0) is 0 Å². The van der Waals surface area contributed by atoms with Crippen LogP contribution in [-0.4, -0.2) is 0 Å². The number of benzene rings is 2. The predicted octanol–water partition coefficient (Wildman–Crippen LogP) is 4.58. The molecular formula is C14H13I. The van der Waals surface area contributed by atoms with Gasteiger partial charge in [0.15, 0.2) is 0 Å². The summed E-state index contributed by atoms with van der Waals surface area (Å²) in [5.41, 5.74) is 5.36. The van der Waals surface area contributed by atoms with Gasteiger partial charge in [-0.3, -0.25) is 0 Å². The molecule has 0 aromatic heterocycles. The second-order valence-corrected chi connectivity index (χ2v) is 5.02. The fourth-order valence-electron chi connectivity index (χ4n) is 1.80. The average Bonchev–Trinajstić information content (AvgIpc) is 2.20. The maximum absolute atomic E-state index is 2.35. The molecule has 0 saturated heterocycles. The van der Waals surface area contributed by atoms with Gasteiger partial charge in [0.1, 0.15) is 0 Å². The Morgan fingerprint density at radius 3 is 2.13 bits per heavy atom. The Hall–Kier alpha value is -0.830. The first-order valence-electron chi connectivity index (χ1n) is 5.00. The molecule has 0 spiro atoms. The van der Waals surface area contributed by atoms with Crippen molar-refractivity contribution in [1.29, 1.82) is 0 Å². The first-order chi connectivity index (χ1) is 7.18. The van der Waals surface area contributed by atoms with Crippen molar-refractivity contribution < 1.29 is 0 Å². The van der Waals surface area contributed by atoms with Gasteiger partial charge in [-0.25, -0.2) is 0 Å². The zero-order valence-corrected chi connectivity index (χ0v) is 11.1. The average molecular weight is 308 g/mol. The molecule has 0 nitrogen and oxygen atoms in total. The van der Waals surface area contributed by atoms with E-state index >= 15 is 0 Å². The van der Waals surface area contributed by atoms with Gasteiger partial charge in [-0.15, -0.1) is 0 Å². The zero-order chi connectivity index (χ0) is 10.8. The van der Waals surface area contributed by atoms with Gasteiger partial charge in [0.25, 0.3) is 0 Å². The Morgan fingerprint density at radius 1 is 0.800 bits per heavy atom. The maximum Gasteiger partial charge on any atom is 0.0133 e. The number of halogens is 1. The van der Waals surface area contributed by atoms with Crippen LogP contribution in [0.3, 0.4) is 0 Å². The molecule has 0 unspecified atom stereocenters. The van der Waals surface area contributed by atoms with E-state index in [0.717, 1.165) is 0 Å². The molecule has 0 fully saturated rings. The SMILES string of the molecule is Cc1ccccc1-c1ccc(I)cc1C. The lowest BCUT2D eigenvalue weighted by Crippen LogP contribution is -1.87. The molecule has 0 aliphatic heterocycles. The summed E-state index contributed by atoms with van der Waals surface area (Å²) >= 11 is 2.35. The Labute approximate surface area is 104 Å². The first kappa shape index (κ1) is 10.7. The van der Waals surface area contributed by atoms with Crippen molar-refractivity contribution in [2.45, 2.75) is 13.8 Å². The first-order valence-corrected chi connectivity index (χ1v) is 6.08. The molecule has 0 heterocycles. The monoisotopic (exact) mass is 308 g/mol. The van der Waals surface area contributed by atoms with Crippen LogP contribution in [0.5, 0.6) is 0 Å². The van der Waals surface area contributed by atoms with Gasteiger partial charge in [0.05, 0.1) is 0 Å². The summed E-state index contributed by atoms with van der Waals surface area (Å²) in [5.74, 6) is 0. The summed E-state index contributed by atoms with van der Waals surface area (Å²) in [5, 5.41) is 0.